The summed E-state index contributed by atoms with van der Waals surface area (Å²) in [7, 11) is 0. The molecule has 5 heteroatoms. The standard InChI is InChI=1S/C16H22N2O3/c1-10-11(2)14(9-19)17-6-13(10)12-7-18(8-12)15(20)21-16(3,4)5/h6,9,12H,7-8H2,1-5H3. The molecule has 0 atom stereocenters. The highest BCUT2D eigenvalue weighted by atomic mass is 16.6. The van der Waals surface area contributed by atoms with Gasteiger partial charge in [-0.05, 0) is 51.3 Å². The minimum atomic E-state index is -0.470. The maximum Gasteiger partial charge on any atom is 0.410 e. The molecule has 2 rings (SSSR count). The minimum Gasteiger partial charge on any atom is -0.444 e. The van der Waals surface area contributed by atoms with Crippen molar-refractivity contribution in [2.75, 3.05) is 13.1 Å². The second kappa shape index (κ2) is 5.47. The van der Waals surface area contributed by atoms with Gasteiger partial charge in [-0.3, -0.25) is 9.78 Å². The number of carbonyl (C=O) groups excluding carboxylic acids is 2. The summed E-state index contributed by atoms with van der Waals surface area (Å²) in [6.45, 7) is 10.7. The summed E-state index contributed by atoms with van der Waals surface area (Å²) in [6, 6.07) is 0. The van der Waals surface area contributed by atoms with Crippen LogP contribution in [0, 0.1) is 13.8 Å². The van der Waals surface area contributed by atoms with E-state index in [2.05, 4.69) is 4.98 Å². The van der Waals surface area contributed by atoms with Gasteiger partial charge >= 0.3 is 6.09 Å². The Balaban J connectivity index is 2.04. The number of pyridine rings is 1. The fourth-order valence-corrected chi connectivity index (χ4v) is 2.42. The predicted molar refractivity (Wildman–Crippen MR) is 79.6 cm³/mol. The van der Waals surface area contributed by atoms with Crippen molar-refractivity contribution in [1.29, 1.82) is 0 Å². The molecular weight excluding hydrogens is 268 g/mol. The van der Waals surface area contributed by atoms with E-state index in [0.29, 0.717) is 18.8 Å². The second-order valence-corrected chi connectivity index (χ2v) is 6.55. The Labute approximate surface area is 125 Å². The van der Waals surface area contributed by atoms with Gasteiger partial charge in [-0.1, -0.05) is 0 Å². The van der Waals surface area contributed by atoms with Gasteiger partial charge in [0.15, 0.2) is 6.29 Å². The fraction of sp³-hybridized carbons (Fsp3) is 0.562. The highest BCUT2D eigenvalue weighted by molar-refractivity contribution is 5.75. The summed E-state index contributed by atoms with van der Waals surface area (Å²) in [5.74, 6) is 0.268. The van der Waals surface area contributed by atoms with E-state index in [1.54, 1.807) is 11.1 Å². The first-order valence-corrected chi connectivity index (χ1v) is 7.12. The lowest BCUT2D eigenvalue weighted by atomic mass is 9.88. The predicted octanol–water partition coefficient (Wildman–Crippen LogP) is 2.85. The van der Waals surface area contributed by atoms with Crippen LogP contribution in [0.3, 0.4) is 0 Å². The molecule has 1 aliphatic rings. The van der Waals surface area contributed by atoms with Gasteiger partial charge in [0.2, 0.25) is 0 Å². The van der Waals surface area contributed by atoms with Gasteiger partial charge in [0.25, 0.3) is 0 Å². The molecule has 1 aliphatic heterocycles. The molecule has 0 aromatic carbocycles. The molecule has 0 unspecified atom stereocenters. The Hall–Kier alpha value is -1.91. The number of nitrogens with zero attached hydrogens (tertiary/aromatic N) is 2. The van der Waals surface area contributed by atoms with E-state index in [4.69, 9.17) is 4.74 Å². The fourth-order valence-electron chi connectivity index (χ4n) is 2.42. The lowest BCUT2D eigenvalue weighted by Gasteiger charge is -2.40. The SMILES string of the molecule is Cc1c(C2CN(C(=O)OC(C)(C)C)C2)cnc(C=O)c1C. The zero-order chi connectivity index (χ0) is 15.8. The largest absolute Gasteiger partial charge is 0.444 e. The van der Waals surface area contributed by atoms with Gasteiger partial charge in [-0.2, -0.15) is 0 Å². The number of hydrogen-bond acceptors (Lipinski definition) is 4. The van der Waals surface area contributed by atoms with Crippen LogP contribution < -0.4 is 0 Å². The first-order chi connectivity index (χ1) is 9.73. The number of ether oxygens (including phenoxy) is 1. The monoisotopic (exact) mass is 290 g/mol. The quantitative estimate of drug-likeness (QED) is 0.786. The van der Waals surface area contributed by atoms with E-state index >= 15 is 0 Å². The molecule has 0 radical (unpaired) electrons. The Morgan fingerprint density at radius 1 is 1.33 bits per heavy atom. The first-order valence-electron chi connectivity index (χ1n) is 7.12. The maximum absolute atomic E-state index is 11.9. The average molecular weight is 290 g/mol. The molecule has 5 nitrogen and oxygen atoms in total. The molecule has 0 N–H and O–H groups in total. The first kappa shape index (κ1) is 15.5. The average Bonchev–Trinajstić information content (AvgIpc) is 2.30. The van der Waals surface area contributed by atoms with Gasteiger partial charge in [0.1, 0.15) is 11.3 Å². The van der Waals surface area contributed by atoms with Crippen LogP contribution in [0.25, 0.3) is 0 Å². The zero-order valence-electron chi connectivity index (χ0n) is 13.3. The van der Waals surface area contributed by atoms with E-state index in [0.717, 1.165) is 23.0 Å². The molecule has 1 fully saturated rings. The van der Waals surface area contributed by atoms with E-state index < -0.39 is 5.60 Å². The highest BCUT2D eigenvalue weighted by Crippen LogP contribution is 2.31. The van der Waals surface area contributed by atoms with Crippen LogP contribution in [0.1, 0.15) is 53.9 Å². The zero-order valence-corrected chi connectivity index (χ0v) is 13.3. The number of aromatic nitrogens is 1. The van der Waals surface area contributed by atoms with Crippen molar-refractivity contribution in [2.45, 2.75) is 46.1 Å². The van der Waals surface area contributed by atoms with Crippen LogP contribution in [-0.2, 0) is 4.74 Å². The van der Waals surface area contributed by atoms with Crippen molar-refractivity contribution < 1.29 is 14.3 Å². The van der Waals surface area contributed by atoms with Crippen molar-refractivity contribution in [3.63, 3.8) is 0 Å². The topological polar surface area (TPSA) is 59.5 Å². The van der Waals surface area contributed by atoms with Crippen LogP contribution >= 0.6 is 0 Å². The lowest BCUT2D eigenvalue weighted by Crippen LogP contribution is -2.50. The summed E-state index contributed by atoms with van der Waals surface area (Å²) in [4.78, 5) is 28.7. The molecule has 114 valence electrons. The molecule has 0 bridgehead atoms. The number of amides is 1. The molecule has 21 heavy (non-hydrogen) atoms. The number of carbonyl (C=O) groups is 2. The van der Waals surface area contributed by atoms with Gasteiger partial charge in [-0.15, -0.1) is 0 Å². The number of likely N-dealkylation sites (tertiary alicyclic amines) is 1. The number of rotatable bonds is 2. The van der Waals surface area contributed by atoms with E-state index in [1.807, 2.05) is 34.6 Å². The number of hydrogen-bond donors (Lipinski definition) is 0. The second-order valence-electron chi connectivity index (χ2n) is 6.55. The van der Waals surface area contributed by atoms with Crippen molar-refractivity contribution >= 4 is 12.4 Å². The summed E-state index contributed by atoms with van der Waals surface area (Å²) < 4.78 is 5.34. The van der Waals surface area contributed by atoms with Crippen LogP contribution in [0.15, 0.2) is 6.20 Å². The van der Waals surface area contributed by atoms with Crippen molar-refractivity contribution in [1.82, 2.24) is 9.88 Å². The smallest absolute Gasteiger partial charge is 0.410 e. The molecular formula is C16H22N2O3. The lowest BCUT2D eigenvalue weighted by molar-refractivity contribution is 0.00811. The summed E-state index contributed by atoms with van der Waals surface area (Å²) in [5.41, 5.74) is 3.12. The number of aldehydes is 1. The van der Waals surface area contributed by atoms with E-state index in [9.17, 15) is 9.59 Å². The third kappa shape index (κ3) is 3.23. The molecule has 0 saturated carbocycles. The van der Waals surface area contributed by atoms with Gasteiger partial charge in [0.05, 0.1) is 0 Å². The minimum absolute atomic E-state index is 0.268. The molecule has 0 spiro atoms. The Bertz CT molecular complexity index is 570. The Morgan fingerprint density at radius 2 is 1.95 bits per heavy atom. The summed E-state index contributed by atoms with van der Waals surface area (Å²) in [6.07, 6.45) is 2.26. The van der Waals surface area contributed by atoms with Crippen molar-refractivity contribution in [3.8, 4) is 0 Å². The van der Waals surface area contributed by atoms with Crippen LogP contribution in [-0.4, -0.2) is 41.0 Å². The van der Waals surface area contributed by atoms with Crippen LogP contribution in [0.4, 0.5) is 4.79 Å². The molecule has 0 aliphatic carbocycles. The van der Waals surface area contributed by atoms with Gasteiger partial charge in [-0.25, -0.2) is 4.79 Å². The Morgan fingerprint density at radius 3 is 2.48 bits per heavy atom. The van der Waals surface area contributed by atoms with Gasteiger partial charge in [0, 0.05) is 25.2 Å². The molecule has 1 saturated heterocycles. The van der Waals surface area contributed by atoms with E-state index in [-0.39, 0.29) is 12.0 Å². The van der Waals surface area contributed by atoms with E-state index in [1.165, 1.54) is 0 Å². The normalized spacial score (nSPS) is 15.6. The van der Waals surface area contributed by atoms with Crippen LogP contribution in [0.2, 0.25) is 0 Å². The van der Waals surface area contributed by atoms with Crippen LogP contribution in [0.5, 0.6) is 0 Å². The summed E-state index contributed by atoms with van der Waals surface area (Å²) >= 11 is 0. The molecule has 1 aromatic rings. The van der Waals surface area contributed by atoms with Crippen molar-refractivity contribution in [3.05, 3.63) is 28.6 Å². The third-order valence-electron chi connectivity index (χ3n) is 3.81. The Kier molecular flexibility index (Phi) is 4.03. The molecule has 2 heterocycles. The molecule has 1 aromatic heterocycles. The molecule has 1 amide bonds. The third-order valence-corrected chi connectivity index (χ3v) is 3.81. The summed E-state index contributed by atoms with van der Waals surface area (Å²) in [5, 5.41) is 0. The maximum atomic E-state index is 11.9. The van der Waals surface area contributed by atoms with Gasteiger partial charge < -0.3 is 9.64 Å². The highest BCUT2D eigenvalue weighted by Gasteiger charge is 2.35. The van der Waals surface area contributed by atoms with Crippen molar-refractivity contribution in [2.24, 2.45) is 0 Å².